The van der Waals surface area contributed by atoms with Gasteiger partial charge in [0.2, 0.25) is 0 Å². The second-order valence-corrected chi connectivity index (χ2v) is 4.80. The quantitative estimate of drug-likeness (QED) is 0.774. The number of fused-ring (bicyclic) bond motifs is 1. The minimum absolute atomic E-state index is 0.0438. The zero-order chi connectivity index (χ0) is 11.8. The van der Waals surface area contributed by atoms with E-state index < -0.39 is 0 Å². The van der Waals surface area contributed by atoms with Gasteiger partial charge in [-0.3, -0.25) is 0 Å². The average Bonchev–Trinajstić information content (AvgIpc) is 2.90. The molecule has 0 fully saturated rings. The van der Waals surface area contributed by atoms with Crippen molar-refractivity contribution >= 4 is 0 Å². The van der Waals surface area contributed by atoms with Gasteiger partial charge in [0.15, 0.2) is 0 Å². The molecule has 0 bridgehead atoms. The molecule has 2 nitrogen and oxygen atoms in total. The van der Waals surface area contributed by atoms with Crippen LogP contribution in [-0.2, 0) is 11.3 Å². The predicted octanol–water partition coefficient (Wildman–Crippen LogP) is 4.02. The first kappa shape index (κ1) is 10.6. The van der Waals surface area contributed by atoms with Gasteiger partial charge in [-0.05, 0) is 5.56 Å². The van der Waals surface area contributed by atoms with E-state index in [-0.39, 0.29) is 6.10 Å². The molecule has 0 saturated carbocycles. The number of furan rings is 1. The second-order valence-electron chi connectivity index (χ2n) is 4.80. The minimum atomic E-state index is 0.0438. The Hall–Kier alpha value is -1.54. The molecule has 0 amide bonds. The fourth-order valence-electron chi connectivity index (χ4n) is 2.42. The smallest absolute Gasteiger partial charge is 0.112 e. The van der Waals surface area contributed by atoms with E-state index >= 15 is 0 Å². The molecule has 2 heteroatoms. The van der Waals surface area contributed by atoms with Gasteiger partial charge in [0.05, 0.1) is 12.9 Å². The summed E-state index contributed by atoms with van der Waals surface area (Å²) in [5.41, 5.74) is 3.64. The van der Waals surface area contributed by atoms with Crippen LogP contribution in [0.5, 0.6) is 0 Å². The Labute approximate surface area is 101 Å². The summed E-state index contributed by atoms with van der Waals surface area (Å²) in [5, 5.41) is 0. The zero-order valence-corrected chi connectivity index (χ0v) is 10.1. The number of rotatable bonds is 2. The van der Waals surface area contributed by atoms with E-state index in [1.807, 2.05) is 24.5 Å². The lowest BCUT2D eigenvalue weighted by atomic mass is 9.96. The molecule has 1 aromatic heterocycles. The molecule has 0 spiro atoms. The summed E-state index contributed by atoms with van der Waals surface area (Å²) < 4.78 is 11.6. The molecule has 0 saturated heterocycles. The molecule has 0 aliphatic carbocycles. The van der Waals surface area contributed by atoms with Crippen molar-refractivity contribution in [1.82, 2.24) is 0 Å². The van der Waals surface area contributed by atoms with Crippen LogP contribution in [0.1, 0.15) is 48.3 Å². The van der Waals surface area contributed by atoms with Gasteiger partial charge in [0, 0.05) is 17.0 Å². The summed E-state index contributed by atoms with van der Waals surface area (Å²) in [5.74, 6) is 1.46. The van der Waals surface area contributed by atoms with E-state index in [4.69, 9.17) is 9.15 Å². The van der Waals surface area contributed by atoms with Gasteiger partial charge in [-0.1, -0.05) is 44.2 Å². The molecule has 17 heavy (non-hydrogen) atoms. The Morgan fingerprint density at radius 3 is 2.65 bits per heavy atom. The molecule has 0 N–H and O–H groups in total. The Balaban J connectivity index is 2.06. The van der Waals surface area contributed by atoms with Crippen molar-refractivity contribution in [2.45, 2.75) is 32.5 Å². The maximum absolute atomic E-state index is 5.88. The van der Waals surface area contributed by atoms with Crippen molar-refractivity contribution in [2.75, 3.05) is 0 Å². The van der Waals surface area contributed by atoms with E-state index in [2.05, 4.69) is 26.0 Å². The lowest BCUT2D eigenvalue weighted by Gasteiger charge is -2.13. The number of hydrogen-bond acceptors (Lipinski definition) is 2. The summed E-state index contributed by atoms with van der Waals surface area (Å²) in [7, 11) is 0. The molecule has 3 rings (SSSR count). The third-order valence-electron chi connectivity index (χ3n) is 3.23. The SMILES string of the molecule is CC(C)c1occ2c1C(c1ccccc1)OC2. The van der Waals surface area contributed by atoms with Crippen molar-refractivity contribution in [2.24, 2.45) is 0 Å². The molecule has 2 aromatic rings. The normalized spacial score (nSPS) is 18.6. The monoisotopic (exact) mass is 228 g/mol. The summed E-state index contributed by atoms with van der Waals surface area (Å²) >= 11 is 0. The summed E-state index contributed by atoms with van der Waals surface area (Å²) in [4.78, 5) is 0. The fraction of sp³-hybridized carbons (Fsp3) is 0.333. The first-order chi connectivity index (χ1) is 8.27. The Kier molecular flexibility index (Phi) is 2.52. The lowest BCUT2D eigenvalue weighted by Crippen LogP contribution is -2.01. The van der Waals surface area contributed by atoms with Gasteiger partial charge in [0.1, 0.15) is 11.9 Å². The number of benzene rings is 1. The largest absolute Gasteiger partial charge is 0.468 e. The third-order valence-corrected chi connectivity index (χ3v) is 3.23. The zero-order valence-electron chi connectivity index (χ0n) is 10.1. The van der Waals surface area contributed by atoms with E-state index in [0.717, 1.165) is 5.76 Å². The molecule has 1 aliphatic rings. The molecule has 1 aromatic carbocycles. The second kappa shape index (κ2) is 4.04. The topological polar surface area (TPSA) is 22.4 Å². The van der Waals surface area contributed by atoms with Crippen LogP contribution in [0.2, 0.25) is 0 Å². The van der Waals surface area contributed by atoms with Crippen LogP contribution in [0.25, 0.3) is 0 Å². The fourth-order valence-corrected chi connectivity index (χ4v) is 2.42. The highest BCUT2D eigenvalue weighted by atomic mass is 16.5. The predicted molar refractivity (Wildman–Crippen MR) is 65.9 cm³/mol. The summed E-state index contributed by atoms with van der Waals surface area (Å²) in [6.45, 7) is 4.96. The van der Waals surface area contributed by atoms with Crippen LogP contribution in [0, 0.1) is 0 Å². The number of ether oxygens (including phenoxy) is 1. The van der Waals surface area contributed by atoms with Crippen LogP contribution in [0.15, 0.2) is 41.0 Å². The first-order valence-electron chi connectivity index (χ1n) is 6.04. The van der Waals surface area contributed by atoms with Crippen LogP contribution in [0.4, 0.5) is 0 Å². The maximum Gasteiger partial charge on any atom is 0.112 e. The molecule has 0 radical (unpaired) electrons. The Morgan fingerprint density at radius 1 is 1.18 bits per heavy atom. The highest BCUT2D eigenvalue weighted by Gasteiger charge is 2.31. The van der Waals surface area contributed by atoms with Crippen molar-refractivity contribution in [1.29, 1.82) is 0 Å². The van der Waals surface area contributed by atoms with Crippen molar-refractivity contribution in [3.05, 3.63) is 59.0 Å². The summed E-state index contributed by atoms with van der Waals surface area (Å²) in [6.07, 6.45) is 1.88. The standard InChI is InChI=1S/C15H16O2/c1-10(2)14-13-12(8-16-14)9-17-15(13)11-6-4-3-5-7-11/h3-8,10,15H,9H2,1-2H3. The maximum atomic E-state index is 5.88. The highest BCUT2D eigenvalue weighted by Crippen LogP contribution is 2.41. The van der Waals surface area contributed by atoms with Crippen LogP contribution in [0.3, 0.4) is 0 Å². The van der Waals surface area contributed by atoms with E-state index in [1.165, 1.54) is 16.7 Å². The van der Waals surface area contributed by atoms with E-state index in [9.17, 15) is 0 Å². The van der Waals surface area contributed by atoms with Crippen molar-refractivity contribution in [3.8, 4) is 0 Å². The molecule has 1 unspecified atom stereocenters. The molecule has 88 valence electrons. The van der Waals surface area contributed by atoms with Gasteiger partial charge < -0.3 is 9.15 Å². The van der Waals surface area contributed by atoms with Gasteiger partial charge >= 0.3 is 0 Å². The lowest BCUT2D eigenvalue weighted by molar-refractivity contribution is 0.0901. The summed E-state index contributed by atoms with van der Waals surface area (Å²) in [6, 6.07) is 10.3. The van der Waals surface area contributed by atoms with Crippen LogP contribution < -0.4 is 0 Å². The van der Waals surface area contributed by atoms with Gasteiger partial charge in [-0.15, -0.1) is 0 Å². The van der Waals surface area contributed by atoms with Crippen molar-refractivity contribution in [3.63, 3.8) is 0 Å². The van der Waals surface area contributed by atoms with Gasteiger partial charge in [-0.25, -0.2) is 0 Å². The van der Waals surface area contributed by atoms with E-state index in [0.29, 0.717) is 12.5 Å². The number of hydrogen-bond donors (Lipinski definition) is 0. The first-order valence-corrected chi connectivity index (χ1v) is 6.04. The Morgan fingerprint density at radius 2 is 1.94 bits per heavy atom. The molecule has 2 heterocycles. The van der Waals surface area contributed by atoms with Crippen LogP contribution in [-0.4, -0.2) is 0 Å². The minimum Gasteiger partial charge on any atom is -0.468 e. The molecule has 1 atom stereocenters. The Bertz CT molecular complexity index is 511. The average molecular weight is 228 g/mol. The van der Waals surface area contributed by atoms with Crippen molar-refractivity contribution < 1.29 is 9.15 Å². The van der Waals surface area contributed by atoms with Gasteiger partial charge in [0.25, 0.3) is 0 Å². The van der Waals surface area contributed by atoms with E-state index in [1.54, 1.807) is 0 Å². The molecule has 1 aliphatic heterocycles. The highest BCUT2D eigenvalue weighted by molar-refractivity contribution is 5.40. The van der Waals surface area contributed by atoms with Crippen LogP contribution >= 0.6 is 0 Å². The van der Waals surface area contributed by atoms with Gasteiger partial charge in [-0.2, -0.15) is 0 Å². The molecular formula is C15H16O2. The third kappa shape index (κ3) is 1.69. The molecular weight excluding hydrogens is 212 g/mol.